The fraction of sp³-hybridized carbons (Fsp3) is 0.0909. The number of fused-ring (bicyclic) bond motifs is 1. The minimum atomic E-state index is 0.536. The molecule has 3 nitrogen and oxygen atoms in total. The maximum atomic E-state index is 5.49. The number of hydrogen-bond donors (Lipinski definition) is 0. The molecule has 0 saturated heterocycles. The van der Waals surface area contributed by atoms with Gasteiger partial charge in [0.05, 0.1) is 6.54 Å². The number of nitrogens with zero attached hydrogens (tertiary/aromatic N) is 2. The zero-order chi connectivity index (χ0) is 9.80. The molecule has 1 aliphatic heterocycles. The molecule has 0 unspecified atom stereocenters. The van der Waals surface area contributed by atoms with Crippen LogP contribution in [0.15, 0.2) is 47.8 Å². The van der Waals surface area contributed by atoms with Crippen LogP contribution in [-0.2, 0) is 6.54 Å². The average molecular weight is 186 g/mol. The van der Waals surface area contributed by atoms with Crippen molar-refractivity contribution < 1.29 is 4.74 Å². The first kappa shape index (κ1) is 8.69. The standard InChI is InChI=1S/C11H10N2O/c1-9-4-2-6-12-8-10-11(14-9)5-3-7-13-10/h2-7H,1,8H2/b4-2-,12-6-. The van der Waals surface area contributed by atoms with Crippen LogP contribution in [0, 0.1) is 0 Å². The zero-order valence-corrected chi connectivity index (χ0v) is 7.68. The molecule has 0 saturated carbocycles. The van der Waals surface area contributed by atoms with Crippen molar-refractivity contribution in [1.29, 1.82) is 0 Å². The number of pyridine rings is 1. The monoisotopic (exact) mass is 186 g/mol. The van der Waals surface area contributed by atoms with E-state index in [4.69, 9.17) is 4.74 Å². The summed E-state index contributed by atoms with van der Waals surface area (Å²) >= 11 is 0. The first-order valence-corrected chi connectivity index (χ1v) is 4.33. The van der Waals surface area contributed by atoms with E-state index in [1.807, 2.05) is 12.1 Å². The number of aromatic nitrogens is 1. The van der Waals surface area contributed by atoms with Crippen molar-refractivity contribution in [2.75, 3.05) is 0 Å². The molecule has 0 spiro atoms. The van der Waals surface area contributed by atoms with Gasteiger partial charge in [-0.3, -0.25) is 9.98 Å². The Morgan fingerprint density at radius 3 is 3.29 bits per heavy atom. The summed E-state index contributed by atoms with van der Waals surface area (Å²) in [7, 11) is 0. The SMILES string of the molecule is C=C1/C=C\C=N/Cc2ncccc2O1. The predicted molar refractivity (Wildman–Crippen MR) is 55.3 cm³/mol. The summed E-state index contributed by atoms with van der Waals surface area (Å²) in [6, 6.07) is 3.69. The molecule has 1 aromatic heterocycles. The Hall–Kier alpha value is -1.90. The molecule has 1 aromatic rings. The molecule has 14 heavy (non-hydrogen) atoms. The minimum Gasteiger partial charge on any atom is -0.456 e. The molecule has 0 N–H and O–H groups in total. The molecule has 0 bridgehead atoms. The highest BCUT2D eigenvalue weighted by molar-refractivity contribution is 5.71. The molecule has 70 valence electrons. The lowest BCUT2D eigenvalue weighted by Crippen LogP contribution is -1.96. The first-order valence-electron chi connectivity index (χ1n) is 4.33. The van der Waals surface area contributed by atoms with Crippen LogP contribution in [0.1, 0.15) is 5.69 Å². The highest BCUT2D eigenvalue weighted by Crippen LogP contribution is 2.19. The van der Waals surface area contributed by atoms with E-state index in [1.54, 1.807) is 24.6 Å². The third kappa shape index (κ3) is 1.88. The van der Waals surface area contributed by atoms with E-state index >= 15 is 0 Å². The summed E-state index contributed by atoms with van der Waals surface area (Å²) in [5.74, 6) is 1.31. The molecular formula is C11H10N2O. The smallest absolute Gasteiger partial charge is 0.150 e. The summed E-state index contributed by atoms with van der Waals surface area (Å²) in [5, 5.41) is 0. The lowest BCUT2D eigenvalue weighted by Gasteiger charge is -2.07. The zero-order valence-electron chi connectivity index (χ0n) is 7.68. The molecular weight excluding hydrogens is 176 g/mol. The fourth-order valence-corrected chi connectivity index (χ4v) is 1.16. The number of aliphatic imine (C=N–C) groups is 1. The van der Waals surface area contributed by atoms with Crippen LogP contribution in [0.25, 0.3) is 0 Å². The lowest BCUT2D eigenvalue weighted by molar-refractivity contribution is 0.439. The van der Waals surface area contributed by atoms with Crippen LogP contribution in [-0.4, -0.2) is 11.2 Å². The Bertz CT molecular complexity index is 408. The maximum absolute atomic E-state index is 5.49. The Balaban J connectivity index is 2.39. The van der Waals surface area contributed by atoms with Gasteiger partial charge in [0, 0.05) is 12.4 Å². The summed E-state index contributed by atoms with van der Waals surface area (Å²) in [5.41, 5.74) is 0.827. The van der Waals surface area contributed by atoms with Gasteiger partial charge in [0.2, 0.25) is 0 Å². The van der Waals surface area contributed by atoms with E-state index in [1.165, 1.54) is 0 Å². The van der Waals surface area contributed by atoms with Gasteiger partial charge in [-0.15, -0.1) is 0 Å². The van der Waals surface area contributed by atoms with E-state index in [0.717, 1.165) is 11.4 Å². The second-order valence-electron chi connectivity index (χ2n) is 2.87. The normalized spacial score (nSPS) is 19.6. The largest absolute Gasteiger partial charge is 0.456 e. The molecule has 2 heterocycles. The fourth-order valence-electron chi connectivity index (χ4n) is 1.16. The van der Waals surface area contributed by atoms with Gasteiger partial charge in [0.15, 0.2) is 5.75 Å². The summed E-state index contributed by atoms with van der Waals surface area (Å²) in [6.07, 6.45) is 7.02. The highest BCUT2D eigenvalue weighted by atomic mass is 16.5. The van der Waals surface area contributed by atoms with Crippen molar-refractivity contribution in [3.05, 3.63) is 48.5 Å². The van der Waals surface area contributed by atoms with Crippen LogP contribution in [0.3, 0.4) is 0 Å². The van der Waals surface area contributed by atoms with Gasteiger partial charge < -0.3 is 4.74 Å². The van der Waals surface area contributed by atoms with Crippen LogP contribution in [0.4, 0.5) is 0 Å². The molecule has 0 aliphatic carbocycles. The van der Waals surface area contributed by atoms with Gasteiger partial charge in [-0.25, -0.2) is 0 Å². The topological polar surface area (TPSA) is 34.5 Å². The van der Waals surface area contributed by atoms with Crippen LogP contribution in [0.2, 0.25) is 0 Å². The second-order valence-corrected chi connectivity index (χ2v) is 2.87. The molecule has 3 heteroatoms. The molecule has 1 aliphatic rings. The highest BCUT2D eigenvalue weighted by Gasteiger charge is 2.04. The molecule has 0 radical (unpaired) electrons. The quantitative estimate of drug-likeness (QED) is 0.622. The minimum absolute atomic E-state index is 0.536. The number of hydrogen-bond acceptors (Lipinski definition) is 3. The van der Waals surface area contributed by atoms with E-state index in [-0.39, 0.29) is 0 Å². The molecule has 0 fully saturated rings. The van der Waals surface area contributed by atoms with Crippen LogP contribution < -0.4 is 4.74 Å². The van der Waals surface area contributed by atoms with Crippen molar-refractivity contribution in [3.63, 3.8) is 0 Å². The predicted octanol–water partition coefficient (Wildman–Crippen LogP) is 2.11. The third-order valence-corrected chi connectivity index (χ3v) is 1.80. The van der Waals surface area contributed by atoms with Crippen molar-refractivity contribution in [1.82, 2.24) is 4.98 Å². The Kier molecular flexibility index (Phi) is 2.40. The average Bonchev–Trinajstić information content (AvgIpc) is 2.27. The lowest BCUT2D eigenvalue weighted by atomic mass is 10.3. The van der Waals surface area contributed by atoms with E-state index in [0.29, 0.717) is 12.3 Å². The number of rotatable bonds is 0. The van der Waals surface area contributed by atoms with Gasteiger partial charge in [0.1, 0.15) is 11.5 Å². The van der Waals surface area contributed by atoms with Crippen molar-refractivity contribution in [2.24, 2.45) is 4.99 Å². The Labute approximate surface area is 82.5 Å². The molecule has 0 amide bonds. The van der Waals surface area contributed by atoms with E-state index in [9.17, 15) is 0 Å². The summed E-state index contributed by atoms with van der Waals surface area (Å²) < 4.78 is 5.49. The van der Waals surface area contributed by atoms with Crippen LogP contribution in [0.5, 0.6) is 5.75 Å². The van der Waals surface area contributed by atoms with Crippen molar-refractivity contribution >= 4 is 6.21 Å². The van der Waals surface area contributed by atoms with Gasteiger partial charge in [0.25, 0.3) is 0 Å². The summed E-state index contributed by atoms with van der Waals surface area (Å²) in [4.78, 5) is 8.36. The Morgan fingerprint density at radius 2 is 2.36 bits per heavy atom. The van der Waals surface area contributed by atoms with E-state index < -0.39 is 0 Å². The van der Waals surface area contributed by atoms with Gasteiger partial charge in [-0.2, -0.15) is 0 Å². The van der Waals surface area contributed by atoms with Crippen molar-refractivity contribution in [2.45, 2.75) is 6.54 Å². The maximum Gasteiger partial charge on any atom is 0.150 e. The first-order chi connectivity index (χ1) is 6.86. The molecule has 0 aromatic carbocycles. The van der Waals surface area contributed by atoms with Gasteiger partial charge in [-0.1, -0.05) is 6.58 Å². The van der Waals surface area contributed by atoms with Crippen LogP contribution >= 0.6 is 0 Å². The van der Waals surface area contributed by atoms with E-state index in [2.05, 4.69) is 16.6 Å². The second kappa shape index (κ2) is 3.87. The summed E-state index contributed by atoms with van der Waals surface area (Å²) in [6.45, 7) is 4.29. The van der Waals surface area contributed by atoms with Crippen molar-refractivity contribution in [3.8, 4) is 5.75 Å². The van der Waals surface area contributed by atoms with Gasteiger partial charge in [-0.05, 0) is 24.3 Å². The number of ether oxygens (including phenoxy) is 1. The molecule has 2 rings (SSSR count). The number of allylic oxidation sites excluding steroid dienone is 2. The van der Waals surface area contributed by atoms with Gasteiger partial charge >= 0.3 is 0 Å². The molecule has 0 atom stereocenters. The Morgan fingerprint density at radius 1 is 1.43 bits per heavy atom. The third-order valence-electron chi connectivity index (χ3n) is 1.80.